The fourth-order valence-electron chi connectivity index (χ4n) is 2.47. The van der Waals surface area contributed by atoms with Crippen molar-refractivity contribution in [2.75, 3.05) is 6.54 Å². The number of hydrogen-bond donors (Lipinski definition) is 1. The van der Waals surface area contributed by atoms with Crippen molar-refractivity contribution in [3.63, 3.8) is 0 Å². The summed E-state index contributed by atoms with van der Waals surface area (Å²) in [4.78, 5) is 0. The predicted molar refractivity (Wildman–Crippen MR) is 74.1 cm³/mol. The van der Waals surface area contributed by atoms with Crippen LogP contribution in [0.1, 0.15) is 22.7 Å². The highest BCUT2D eigenvalue weighted by Gasteiger charge is 2.20. The zero-order chi connectivity index (χ0) is 11.7. The van der Waals surface area contributed by atoms with Gasteiger partial charge in [-0.2, -0.15) is 0 Å². The Balaban J connectivity index is 2.08. The molecule has 0 unspecified atom stereocenters. The molecule has 2 aromatic carbocycles. The van der Waals surface area contributed by atoms with Crippen molar-refractivity contribution in [2.45, 2.75) is 12.5 Å². The molecular weight excluding hydrogens is 274 g/mol. The van der Waals surface area contributed by atoms with Crippen LogP contribution in [0.4, 0.5) is 0 Å². The second-order valence-corrected chi connectivity index (χ2v) is 5.31. The molecule has 1 aliphatic heterocycles. The topological polar surface area (TPSA) is 12.0 Å². The second kappa shape index (κ2) is 4.63. The van der Waals surface area contributed by atoms with Gasteiger partial charge in [0.1, 0.15) is 0 Å². The molecule has 0 bridgehead atoms. The first kappa shape index (κ1) is 11.0. The van der Waals surface area contributed by atoms with Gasteiger partial charge in [0.05, 0.1) is 6.04 Å². The monoisotopic (exact) mass is 287 g/mol. The molecule has 2 heteroatoms. The van der Waals surface area contributed by atoms with E-state index in [0.29, 0.717) is 6.04 Å². The van der Waals surface area contributed by atoms with E-state index in [-0.39, 0.29) is 0 Å². The van der Waals surface area contributed by atoms with Crippen LogP contribution >= 0.6 is 15.9 Å². The maximum absolute atomic E-state index is 3.60. The molecule has 0 fully saturated rings. The van der Waals surface area contributed by atoms with Crippen LogP contribution in [0.25, 0.3) is 0 Å². The number of hydrogen-bond acceptors (Lipinski definition) is 1. The van der Waals surface area contributed by atoms with Crippen LogP contribution in [-0.4, -0.2) is 6.54 Å². The van der Waals surface area contributed by atoms with Crippen LogP contribution < -0.4 is 5.32 Å². The summed E-state index contributed by atoms with van der Waals surface area (Å²) in [5, 5.41) is 3.60. The van der Waals surface area contributed by atoms with E-state index in [1.807, 2.05) is 0 Å². The van der Waals surface area contributed by atoms with Crippen LogP contribution in [0.5, 0.6) is 0 Å². The number of benzene rings is 2. The minimum absolute atomic E-state index is 0.331. The van der Waals surface area contributed by atoms with Gasteiger partial charge in [0.15, 0.2) is 0 Å². The lowest BCUT2D eigenvalue weighted by Crippen LogP contribution is -2.30. The molecule has 1 N–H and O–H groups in total. The molecule has 0 aliphatic carbocycles. The molecule has 0 aromatic heterocycles. The molecule has 17 heavy (non-hydrogen) atoms. The molecule has 1 atom stereocenters. The highest BCUT2D eigenvalue weighted by molar-refractivity contribution is 9.10. The zero-order valence-corrected chi connectivity index (χ0v) is 11.1. The largest absolute Gasteiger partial charge is 0.306 e. The highest BCUT2D eigenvalue weighted by atomic mass is 79.9. The Morgan fingerprint density at radius 3 is 2.71 bits per heavy atom. The third-order valence-electron chi connectivity index (χ3n) is 3.29. The molecule has 1 heterocycles. The second-order valence-electron chi connectivity index (χ2n) is 4.39. The summed E-state index contributed by atoms with van der Waals surface area (Å²) >= 11 is 3.56. The van der Waals surface area contributed by atoms with Gasteiger partial charge in [-0.25, -0.2) is 0 Å². The van der Waals surface area contributed by atoms with Gasteiger partial charge < -0.3 is 5.32 Å². The summed E-state index contributed by atoms with van der Waals surface area (Å²) in [6.45, 7) is 1.05. The average Bonchev–Trinajstić information content (AvgIpc) is 2.39. The molecule has 1 aliphatic rings. The molecule has 0 saturated carbocycles. The molecule has 0 spiro atoms. The van der Waals surface area contributed by atoms with Gasteiger partial charge in [-0.05, 0) is 35.2 Å². The molecule has 0 saturated heterocycles. The summed E-state index contributed by atoms with van der Waals surface area (Å²) in [6.07, 6.45) is 1.12. The molecule has 3 rings (SSSR count). The van der Waals surface area contributed by atoms with Crippen molar-refractivity contribution >= 4 is 15.9 Å². The van der Waals surface area contributed by atoms with Crippen molar-refractivity contribution in [3.05, 3.63) is 69.7 Å². The van der Waals surface area contributed by atoms with Crippen molar-refractivity contribution in [1.29, 1.82) is 0 Å². The fourth-order valence-corrected chi connectivity index (χ4v) is 2.85. The standard InChI is InChI=1S/C15H14BrN/c16-13-7-6-11-8-9-17-15(14(11)10-13)12-4-2-1-3-5-12/h1-7,10,15,17H,8-9H2/t15-/m1/s1. The Morgan fingerprint density at radius 1 is 1.06 bits per heavy atom. The van der Waals surface area contributed by atoms with Crippen LogP contribution in [-0.2, 0) is 6.42 Å². The van der Waals surface area contributed by atoms with Crippen molar-refractivity contribution in [3.8, 4) is 0 Å². The molecule has 0 amide bonds. The lowest BCUT2D eigenvalue weighted by molar-refractivity contribution is 0.567. The van der Waals surface area contributed by atoms with Gasteiger partial charge in [-0.1, -0.05) is 52.3 Å². The van der Waals surface area contributed by atoms with E-state index >= 15 is 0 Å². The Bertz CT molecular complexity index is 522. The Labute approximate surface area is 110 Å². The quantitative estimate of drug-likeness (QED) is 0.844. The lowest BCUT2D eigenvalue weighted by Gasteiger charge is -2.27. The average molecular weight is 288 g/mol. The van der Waals surface area contributed by atoms with Crippen molar-refractivity contribution in [2.24, 2.45) is 0 Å². The van der Waals surface area contributed by atoms with Gasteiger partial charge in [0.2, 0.25) is 0 Å². The Hall–Kier alpha value is -1.12. The molecule has 1 nitrogen and oxygen atoms in total. The maximum Gasteiger partial charge on any atom is 0.0579 e. The number of halogens is 1. The molecule has 2 aromatic rings. The third kappa shape index (κ3) is 2.15. The molecular formula is C15H14BrN. The minimum Gasteiger partial charge on any atom is -0.306 e. The summed E-state index contributed by atoms with van der Waals surface area (Å²) < 4.78 is 1.15. The van der Waals surface area contributed by atoms with E-state index < -0.39 is 0 Å². The molecule has 0 radical (unpaired) electrons. The Kier molecular flexibility index (Phi) is 3.00. The van der Waals surface area contributed by atoms with E-state index in [9.17, 15) is 0 Å². The number of rotatable bonds is 1. The van der Waals surface area contributed by atoms with Crippen molar-refractivity contribution < 1.29 is 0 Å². The minimum atomic E-state index is 0.331. The van der Waals surface area contributed by atoms with Gasteiger partial charge in [0.25, 0.3) is 0 Å². The van der Waals surface area contributed by atoms with E-state index in [0.717, 1.165) is 17.4 Å². The van der Waals surface area contributed by atoms with Gasteiger partial charge in [-0.15, -0.1) is 0 Å². The first-order chi connectivity index (χ1) is 8.34. The van der Waals surface area contributed by atoms with Gasteiger partial charge >= 0.3 is 0 Å². The fraction of sp³-hybridized carbons (Fsp3) is 0.200. The van der Waals surface area contributed by atoms with Crippen LogP contribution in [0.15, 0.2) is 53.0 Å². The Morgan fingerprint density at radius 2 is 1.88 bits per heavy atom. The predicted octanol–water partition coefficient (Wildman–Crippen LogP) is 3.68. The summed E-state index contributed by atoms with van der Waals surface area (Å²) in [7, 11) is 0. The smallest absolute Gasteiger partial charge is 0.0579 e. The van der Waals surface area contributed by atoms with E-state index in [4.69, 9.17) is 0 Å². The van der Waals surface area contributed by atoms with Crippen LogP contribution in [0.3, 0.4) is 0 Å². The van der Waals surface area contributed by atoms with Crippen LogP contribution in [0, 0.1) is 0 Å². The van der Waals surface area contributed by atoms with E-state index in [1.165, 1.54) is 16.7 Å². The van der Waals surface area contributed by atoms with Crippen molar-refractivity contribution in [1.82, 2.24) is 5.32 Å². The highest BCUT2D eigenvalue weighted by Crippen LogP contribution is 2.30. The van der Waals surface area contributed by atoms with Gasteiger partial charge in [-0.3, -0.25) is 0 Å². The number of fused-ring (bicyclic) bond motifs is 1. The lowest BCUT2D eigenvalue weighted by atomic mass is 9.90. The van der Waals surface area contributed by atoms with Crippen LogP contribution in [0.2, 0.25) is 0 Å². The maximum atomic E-state index is 3.60. The first-order valence-corrected chi connectivity index (χ1v) is 6.70. The summed E-state index contributed by atoms with van der Waals surface area (Å²) in [5.41, 5.74) is 4.20. The molecule has 86 valence electrons. The van der Waals surface area contributed by atoms with Gasteiger partial charge in [0, 0.05) is 11.0 Å². The zero-order valence-electron chi connectivity index (χ0n) is 9.49. The summed E-state index contributed by atoms with van der Waals surface area (Å²) in [6, 6.07) is 17.6. The third-order valence-corrected chi connectivity index (χ3v) is 3.79. The first-order valence-electron chi connectivity index (χ1n) is 5.91. The summed E-state index contributed by atoms with van der Waals surface area (Å²) in [5.74, 6) is 0. The van der Waals surface area contributed by atoms with E-state index in [1.54, 1.807) is 0 Å². The van der Waals surface area contributed by atoms with E-state index in [2.05, 4.69) is 69.8 Å². The number of nitrogens with one attached hydrogen (secondary N) is 1. The normalized spacial score (nSPS) is 18.8. The SMILES string of the molecule is Brc1ccc2c(c1)[C@@H](c1ccccc1)NCC2.